The second-order valence-electron chi connectivity index (χ2n) is 3.57. The highest BCUT2D eigenvalue weighted by molar-refractivity contribution is 14.1. The van der Waals surface area contributed by atoms with Crippen molar-refractivity contribution in [2.75, 3.05) is 16.2 Å². The summed E-state index contributed by atoms with van der Waals surface area (Å²) in [4.78, 5) is 4.44. The van der Waals surface area contributed by atoms with E-state index in [-0.39, 0.29) is 0 Å². The van der Waals surface area contributed by atoms with Crippen molar-refractivity contribution in [3.8, 4) is 0 Å². The summed E-state index contributed by atoms with van der Waals surface area (Å²) in [6, 6.07) is 4.23. The van der Waals surface area contributed by atoms with Crippen molar-refractivity contribution in [1.29, 1.82) is 0 Å². The first-order chi connectivity index (χ1) is 7.15. The van der Waals surface area contributed by atoms with Gasteiger partial charge in [-0.05, 0) is 18.1 Å². The van der Waals surface area contributed by atoms with Crippen molar-refractivity contribution < 1.29 is 0 Å². The van der Waals surface area contributed by atoms with Gasteiger partial charge in [-0.1, -0.05) is 13.8 Å². The van der Waals surface area contributed by atoms with Gasteiger partial charge in [0.2, 0.25) is 0 Å². The van der Waals surface area contributed by atoms with Gasteiger partial charge in [0.1, 0.15) is 0 Å². The number of hydrogen-bond donors (Lipinski definition) is 1. The third-order valence-electron chi connectivity index (χ3n) is 2.05. The molecule has 0 bridgehead atoms. The molecule has 1 aromatic rings. The van der Waals surface area contributed by atoms with Crippen molar-refractivity contribution in [2.45, 2.75) is 19.8 Å². The van der Waals surface area contributed by atoms with E-state index in [2.05, 4.69) is 83.3 Å². The zero-order valence-corrected chi connectivity index (χ0v) is 13.2. The van der Waals surface area contributed by atoms with Crippen molar-refractivity contribution in [1.82, 2.24) is 8.51 Å². The van der Waals surface area contributed by atoms with E-state index in [0.717, 1.165) is 24.5 Å². The molecule has 0 aliphatic heterocycles. The van der Waals surface area contributed by atoms with E-state index in [0.29, 0.717) is 5.92 Å². The second kappa shape index (κ2) is 6.85. The van der Waals surface area contributed by atoms with Crippen LogP contribution in [0.1, 0.15) is 25.5 Å². The van der Waals surface area contributed by atoms with Gasteiger partial charge in [-0.3, -0.25) is 8.51 Å². The van der Waals surface area contributed by atoms with Crippen LogP contribution >= 0.6 is 45.7 Å². The monoisotopic (exact) mass is 431 g/mol. The van der Waals surface area contributed by atoms with E-state index in [9.17, 15) is 0 Å². The third-order valence-corrected chi connectivity index (χ3v) is 3.62. The normalized spacial score (nSPS) is 10.7. The Labute approximate surface area is 119 Å². The summed E-state index contributed by atoms with van der Waals surface area (Å²) < 4.78 is 5.27. The van der Waals surface area contributed by atoms with Crippen LogP contribution < -0.4 is 6.64 Å². The van der Waals surface area contributed by atoms with Gasteiger partial charge in [0, 0.05) is 41.6 Å². The maximum atomic E-state index is 4.44. The lowest BCUT2D eigenvalue weighted by molar-refractivity contribution is 0.822. The summed E-state index contributed by atoms with van der Waals surface area (Å²) in [6.45, 7) is 6.26. The van der Waals surface area contributed by atoms with E-state index in [1.54, 1.807) is 0 Å². The number of nitrogens with one attached hydrogen (secondary N) is 1. The summed E-state index contributed by atoms with van der Waals surface area (Å²) >= 11 is 4.47. The molecule has 1 heterocycles. The Morgan fingerprint density at radius 1 is 1.47 bits per heavy atom. The Kier molecular flexibility index (Phi) is 6.13. The number of hydrogen-bond acceptors (Lipinski definition) is 3. The molecule has 0 saturated heterocycles. The van der Waals surface area contributed by atoms with Crippen molar-refractivity contribution >= 4 is 51.4 Å². The molecule has 1 aromatic heterocycles. The Hall–Kier alpha value is 0.370. The summed E-state index contributed by atoms with van der Waals surface area (Å²) in [5.74, 6) is 0.498. The summed E-state index contributed by atoms with van der Waals surface area (Å²) in [5.41, 5.74) is 2.31. The largest absolute Gasteiger partial charge is 0.312 e. The summed E-state index contributed by atoms with van der Waals surface area (Å²) in [6.07, 6.45) is 1.94. The quantitative estimate of drug-likeness (QED) is 0.573. The van der Waals surface area contributed by atoms with Crippen LogP contribution in [-0.4, -0.2) is 18.1 Å². The van der Waals surface area contributed by atoms with E-state index < -0.39 is 0 Å². The number of rotatable bonds is 5. The molecule has 0 spiro atoms. The average molecular weight is 431 g/mol. The molecule has 0 saturated carbocycles. The van der Waals surface area contributed by atoms with E-state index >= 15 is 0 Å². The fourth-order valence-corrected chi connectivity index (χ4v) is 1.92. The first-order valence-corrected chi connectivity index (χ1v) is 6.92. The van der Waals surface area contributed by atoms with Crippen molar-refractivity contribution in [2.24, 2.45) is 0 Å². The minimum absolute atomic E-state index is 0.498. The molecule has 0 radical (unpaired) electrons. The van der Waals surface area contributed by atoms with Crippen molar-refractivity contribution in [3.63, 3.8) is 0 Å². The van der Waals surface area contributed by atoms with E-state index in [4.69, 9.17) is 0 Å². The second-order valence-corrected chi connectivity index (χ2v) is 5.49. The Morgan fingerprint density at radius 3 is 2.67 bits per heavy atom. The molecule has 1 rings (SSSR count). The fourth-order valence-electron chi connectivity index (χ4n) is 1.15. The minimum atomic E-state index is 0.498. The molecule has 0 aromatic carbocycles. The van der Waals surface area contributed by atoms with Crippen LogP contribution in [0.2, 0.25) is 0 Å². The van der Waals surface area contributed by atoms with Gasteiger partial charge in [-0.15, -0.1) is 0 Å². The molecule has 0 atom stereocenters. The fraction of sp³-hybridized carbons (Fsp3) is 0.500. The number of aromatic nitrogens is 1. The molecule has 84 valence electrons. The zero-order valence-electron chi connectivity index (χ0n) is 8.87. The lowest BCUT2D eigenvalue weighted by Crippen LogP contribution is -2.19. The molecule has 0 unspecified atom stereocenters. The SMILES string of the molecule is CC(C)c1ccc(N(I)CCNI)cn1. The smallest absolute Gasteiger partial charge is 0.0641 e. The Bertz CT molecular complexity index is 287. The number of anilines is 1. The van der Waals surface area contributed by atoms with Gasteiger partial charge in [-0.25, -0.2) is 0 Å². The molecule has 0 amide bonds. The van der Waals surface area contributed by atoms with Crippen LogP contribution in [0.3, 0.4) is 0 Å². The molecule has 15 heavy (non-hydrogen) atoms. The minimum Gasteiger partial charge on any atom is -0.312 e. The molecule has 0 fully saturated rings. The topological polar surface area (TPSA) is 28.2 Å². The molecule has 0 aliphatic carbocycles. The van der Waals surface area contributed by atoms with Gasteiger partial charge in [0.15, 0.2) is 0 Å². The van der Waals surface area contributed by atoms with Gasteiger partial charge in [0.25, 0.3) is 0 Å². The van der Waals surface area contributed by atoms with Crippen LogP contribution in [-0.2, 0) is 0 Å². The third kappa shape index (κ3) is 4.39. The lowest BCUT2D eigenvalue weighted by Gasteiger charge is -2.16. The zero-order chi connectivity index (χ0) is 11.3. The van der Waals surface area contributed by atoms with Crippen LogP contribution in [0, 0.1) is 0 Å². The summed E-state index contributed by atoms with van der Waals surface area (Å²) in [7, 11) is 0. The first-order valence-electron chi connectivity index (χ1n) is 4.88. The van der Waals surface area contributed by atoms with E-state index in [1.807, 2.05) is 6.20 Å². The molecule has 0 aliphatic rings. The van der Waals surface area contributed by atoms with Gasteiger partial charge < -0.3 is 3.11 Å². The summed E-state index contributed by atoms with van der Waals surface area (Å²) in [5, 5.41) is 0. The van der Waals surface area contributed by atoms with Crippen LogP contribution in [0.25, 0.3) is 0 Å². The molecular formula is C10H15I2N3. The predicted octanol–water partition coefficient (Wildman–Crippen LogP) is 3.30. The number of nitrogens with zero attached hydrogens (tertiary/aromatic N) is 2. The molecular weight excluding hydrogens is 416 g/mol. The van der Waals surface area contributed by atoms with Crippen LogP contribution in [0.4, 0.5) is 5.69 Å². The van der Waals surface area contributed by atoms with E-state index in [1.165, 1.54) is 0 Å². The van der Waals surface area contributed by atoms with Crippen molar-refractivity contribution in [3.05, 3.63) is 24.0 Å². The molecule has 5 heteroatoms. The maximum absolute atomic E-state index is 4.44. The Balaban J connectivity index is 2.62. The molecule has 1 N–H and O–H groups in total. The highest BCUT2D eigenvalue weighted by Crippen LogP contribution is 2.19. The maximum Gasteiger partial charge on any atom is 0.0641 e. The standard InChI is InChI=1S/C10H15I2N3/c1-8(2)10-4-3-9(7-13-10)15(12)6-5-14-11/h3-4,7-8,14H,5-6H2,1-2H3. The van der Waals surface area contributed by atoms with Gasteiger partial charge >= 0.3 is 0 Å². The highest BCUT2D eigenvalue weighted by Gasteiger charge is 2.04. The average Bonchev–Trinajstić information content (AvgIpc) is 2.26. The lowest BCUT2D eigenvalue weighted by atomic mass is 10.1. The first kappa shape index (κ1) is 13.4. The number of pyridine rings is 1. The van der Waals surface area contributed by atoms with Gasteiger partial charge in [-0.2, -0.15) is 0 Å². The van der Waals surface area contributed by atoms with Gasteiger partial charge in [0.05, 0.1) is 34.7 Å². The predicted molar refractivity (Wildman–Crippen MR) is 81.7 cm³/mol. The highest BCUT2D eigenvalue weighted by atomic mass is 127. The molecule has 3 nitrogen and oxygen atoms in total. The Morgan fingerprint density at radius 2 is 2.20 bits per heavy atom. The van der Waals surface area contributed by atoms with Crippen LogP contribution in [0.15, 0.2) is 18.3 Å². The number of halogens is 2. The van der Waals surface area contributed by atoms with Crippen LogP contribution in [0.5, 0.6) is 0 Å².